The molecule has 1 saturated heterocycles. The monoisotopic (exact) mass is 429 g/mol. The first-order chi connectivity index (χ1) is 15.6. The van der Waals surface area contributed by atoms with E-state index in [1.807, 2.05) is 18.2 Å². The van der Waals surface area contributed by atoms with E-state index in [-0.39, 0.29) is 5.56 Å². The number of hydrogen-bond donors (Lipinski definition) is 2. The van der Waals surface area contributed by atoms with Crippen molar-refractivity contribution in [1.82, 2.24) is 14.9 Å². The van der Waals surface area contributed by atoms with Gasteiger partial charge >= 0.3 is 0 Å². The smallest absolute Gasteiger partial charge is 0.295 e. The summed E-state index contributed by atoms with van der Waals surface area (Å²) < 4.78 is 5.39. The number of carbonyl (C=O) groups excluding carboxylic acids is 2. The van der Waals surface area contributed by atoms with E-state index in [9.17, 15) is 9.59 Å². The molecule has 0 unspecified atom stereocenters. The van der Waals surface area contributed by atoms with Crippen LogP contribution in [0.15, 0.2) is 54.9 Å². The Balaban J connectivity index is 1.35. The number of ether oxygens (including phenoxy) is 1. The van der Waals surface area contributed by atoms with Gasteiger partial charge in [-0.25, -0.2) is 4.98 Å². The van der Waals surface area contributed by atoms with E-state index < -0.39 is 11.7 Å². The lowest BCUT2D eigenvalue weighted by atomic mass is 10.1. The predicted molar refractivity (Wildman–Crippen MR) is 124 cm³/mol. The standard InChI is InChI=1S/C24H23N5O3/c1-32-19-7-6-18(25)21-20(19)17(14-27-21)22(30)24(31)29-12-10-28(11-13-29)23-16-5-3-2-4-15(16)8-9-26-23/h2-9,14,27H,10-13,25H2,1H3. The molecule has 1 aliphatic heterocycles. The number of nitrogens with two attached hydrogens (primary N) is 1. The van der Waals surface area contributed by atoms with Crippen molar-refractivity contribution in [2.24, 2.45) is 0 Å². The van der Waals surface area contributed by atoms with E-state index in [1.165, 1.54) is 13.3 Å². The van der Waals surface area contributed by atoms with Gasteiger partial charge in [0.1, 0.15) is 11.6 Å². The number of pyridine rings is 1. The molecule has 1 aliphatic rings. The minimum absolute atomic E-state index is 0.271. The Morgan fingerprint density at radius 2 is 1.84 bits per heavy atom. The average Bonchev–Trinajstić information content (AvgIpc) is 3.29. The van der Waals surface area contributed by atoms with Gasteiger partial charge in [-0.2, -0.15) is 0 Å². The van der Waals surface area contributed by atoms with Gasteiger partial charge in [-0.1, -0.05) is 24.3 Å². The largest absolute Gasteiger partial charge is 0.496 e. The van der Waals surface area contributed by atoms with E-state index in [0.29, 0.717) is 48.5 Å². The molecule has 0 aliphatic carbocycles. The third-order valence-electron chi connectivity index (χ3n) is 6.01. The maximum Gasteiger partial charge on any atom is 0.295 e. The summed E-state index contributed by atoms with van der Waals surface area (Å²) in [6, 6.07) is 13.5. The van der Waals surface area contributed by atoms with Crippen LogP contribution in [0.2, 0.25) is 0 Å². The molecule has 2 aromatic heterocycles. The molecule has 0 saturated carbocycles. The normalized spacial score (nSPS) is 14.2. The topological polar surface area (TPSA) is 105 Å². The highest BCUT2D eigenvalue weighted by atomic mass is 16.5. The zero-order valence-electron chi connectivity index (χ0n) is 17.7. The highest BCUT2D eigenvalue weighted by molar-refractivity contribution is 6.45. The highest BCUT2D eigenvalue weighted by Gasteiger charge is 2.30. The van der Waals surface area contributed by atoms with Crippen LogP contribution in [0.5, 0.6) is 5.75 Å². The highest BCUT2D eigenvalue weighted by Crippen LogP contribution is 2.33. The van der Waals surface area contributed by atoms with E-state index in [1.54, 1.807) is 23.2 Å². The molecule has 3 heterocycles. The maximum atomic E-state index is 13.1. The first-order valence-corrected chi connectivity index (χ1v) is 10.4. The summed E-state index contributed by atoms with van der Waals surface area (Å²) in [6.07, 6.45) is 3.33. The molecule has 8 nitrogen and oxygen atoms in total. The Morgan fingerprint density at radius 3 is 2.62 bits per heavy atom. The second-order valence-electron chi connectivity index (χ2n) is 7.77. The number of nitrogens with zero attached hydrogens (tertiary/aromatic N) is 3. The van der Waals surface area contributed by atoms with Gasteiger partial charge in [0, 0.05) is 44.0 Å². The number of piperazine rings is 1. The van der Waals surface area contributed by atoms with Crippen LogP contribution in [-0.4, -0.2) is 59.8 Å². The lowest BCUT2D eigenvalue weighted by Crippen LogP contribution is -2.50. The Kier molecular flexibility index (Phi) is 4.89. The summed E-state index contributed by atoms with van der Waals surface area (Å²) in [4.78, 5) is 37.5. The van der Waals surface area contributed by atoms with Gasteiger partial charge < -0.3 is 25.3 Å². The first-order valence-electron chi connectivity index (χ1n) is 10.4. The zero-order valence-corrected chi connectivity index (χ0v) is 17.7. The van der Waals surface area contributed by atoms with E-state index in [4.69, 9.17) is 10.5 Å². The number of nitrogen functional groups attached to an aromatic ring is 1. The van der Waals surface area contributed by atoms with Gasteiger partial charge in [0.25, 0.3) is 11.7 Å². The molecule has 3 N–H and O–H groups in total. The third kappa shape index (κ3) is 3.20. The van der Waals surface area contributed by atoms with Gasteiger partial charge in [0.05, 0.1) is 29.3 Å². The van der Waals surface area contributed by atoms with Crippen molar-refractivity contribution in [3.8, 4) is 5.75 Å². The number of hydrogen-bond acceptors (Lipinski definition) is 6. The van der Waals surface area contributed by atoms with E-state index >= 15 is 0 Å². The fourth-order valence-corrected chi connectivity index (χ4v) is 4.32. The average molecular weight is 429 g/mol. The fourth-order valence-electron chi connectivity index (χ4n) is 4.32. The number of H-pyrrole nitrogens is 1. The Labute approximate surface area is 184 Å². The minimum atomic E-state index is -0.572. The molecule has 0 spiro atoms. The molecule has 8 heteroatoms. The summed E-state index contributed by atoms with van der Waals surface area (Å²) in [5.41, 5.74) is 7.37. The lowest BCUT2D eigenvalue weighted by Gasteiger charge is -2.35. The number of aromatic amines is 1. The maximum absolute atomic E-state index is 13.1. The molecular formula is C24H23N5O3. The third-order valence-corrected chi connectivity index (χ3v) is 6.01. The summed E-state index contributed by atoms with van der Waals surface area (Å²) in [5.74, 6) is 0.301. The number of nitrogens with one attached hydrogen (secondary N) is 1. The van der Waals surface area contributed by atoms with Crippen molar-refractivity contribution >= 4 is 44.9 Å². The van der Waals surface area contributed by atoms with Gasteiger partial charge in [0.15, 0.2) is 0 Å². The molecule has 0 radical (unpaired) electrons. The number of carbonyl (C=O) groups is 2. The summed E-state index contributed by atoms with van der Waals surface area (Å²) in [6.45, 7) is 2.09. The van der Waals surface area contributed by atoms with Crippen LogP contribution in [0, 0.1) is 0 Å². The SMILES string of the molecule is COc1ccc(N)c2[nH]cc(C(=O)C(=O)N3CCN(c4nccc5ccccc45)CC3)c12. The Bertz CT molecular complexity index is 1330. The van der Waals surface area contributed by atoms with Gasteiger partial charge in [-0.3, -0.25) is 9.59 Å². The molecule has 162 valence electrons. The second-order valence-corrected chi connectivity index (χ2v) is 7.77. The number of ketones is 1. The van der Waals surface area contributed by atoms with Crippen LogP contribution in [0.4, 0.5) is 11.5 Å². The van der Waals surface area contributed by atoms with Crippen LogP contribution in [0.25, 0.3) is 21.7 Å². The molecule has 1 fully saturated rings. The van der Waals surface area contributed by atoms with Crippen LogP contribution in [0.3, 0.4) is 0 Å². The number of amides is 1. The second kappa shape index (κ2) is 7.88. The van der Waals surface area contributed by atoms with Crippen LogP contribution < -0.4 is 15.4 Å². The molecule has 32 heavy (non-hydrogen) atoms. The van der Waals surface area contributed by atoms with Crippen LogP contribution in [-0.2, 0) is 4.79 Å². The molecule has 2 aromatic carbocycles. The summed E-state index contributed by atoms with van der Waals surface area (Å²) >= 11 is 0. The molecule has 5 rings (SSSR count). The number of rotatable bonds is 4. The van der Waals surface area contributed by atoms with Crippen molar-refractivity contribution < 1.29 is 14.3 Å². The Morgan fingerprint density at radius 1 is 1.06 bits per heavy atom. The van der Waals surface area contributed by atoms with Crippen molar-refractivity contribution in [1.29, 1.82) is 0 Å². The van der Waals surface area contributed by atoms with Crippen LogP contribution in [0.1, 0.15) is 10.4 Å². The number of methoxy groups -OCH3 is 1. The first kappa shape index (κ1) is 19.9. The molecule has 4 aromatic rings. The molecule has 0 bridgehead atoms. The van der Waals surface area contributed by atoms with Crippen LogP contribution >= 0.6 is 0 Å². The van der Waals surface area contributed by atoms with Gasteiger partial charge in [0.2, 0.25) is 0 Å². The number of fused-ring (bicyclic) bond motifs is 2. The zero-order chi connectivity index (χ0) is 22.2. The Hall–Kier alpha value is -4.07. The van der Waals surface area contributed by atoms with Crippen molar-refractivity contribution in [3.63, 3.8) is 0 Å². The van der Waals surface area contributed by atoms with Crippen molar-refractivity contribution in [2.45, 2.75) is 0 Å². The van der Waals surface area contributed by atoms with Gasteiger partial charge in [-0.15, -0.1) is 0 Å². The fraction of sp³-hybridized carbons (Fsp3) is 0.208. The lowest BCUT2D eigenvalue weighted by molar-refractivity contribution is -0.126. The van der Waals surface area contributed by atoms with Gasteiger partial charge in [-0.05, 0) is 23.6 Å². The molecular weight excluding hydrogens is 406 g/mol. The predicted octanol–water partition coefficient (Wildman–Crippen LogP) is 2.84. The molecule has 0 atom stereocenters. The van der Waals surface area contributed by atoms with Crippen molar-refractivity contribution in [2.75, 3.05) is 43.9 Å². The number of Topliss-reactive ketones (excluding diaryl/α,β-unsaturated/α-hetero) is 1. The number of anilines is 2. The quantitative estimate of drug-likeness (QED) is 0.294. The number of aromatic nitrogens is 2. The minimum Gasteiger partial charge on any atom is -0.496 e. The summed E-state index contributed by atoms with van der Waals surface area (Å²) in [7, 11) is 1.52. The van der Waals surface area contributed by atoms with E-state index in [2.05, 4.69) is 27.0 Å². The summed E-state index contributed by atoms with van der Waals surface area (Å²) in [5, 5.41) is 2.73. The molecule has 1 amide bonds. The number of benzene rings is 2. The van der Waals surface area contributed by atoms with Crippen molar-refractivity contribution in [3.05, 3.63) is 60.4 Å². The van der Waals surface area contributed by atoms with E-state index in [0.717, 1.165) is 16.6 Å².